The fourth-order valence-electron chi connectivity index (χ4n) is 2.07. The van der Waals surface area contributed by atoms with E-state index in [1.165, 1.54) is 0 Å². The van der Waals surface area contributed by atoms with E-state index in [1.807, 2.05) is 32.9 Å². The van der Waals surface area contributed by atoms with Crippen molar-refractivity contribution in [3.63, 3.8) is 0 Å². The maximum Gasteiger partial charge on any atom is 0.241 e. The fourth-order valence-corrected chi connectivity index (χ4v) is 3.48. The molecule has 1 N–H and O–H groups in total. The highest BCUT2D eigenvalue weighted by atomic mass is 32.2. The molecular formula is C15H20N2O3S. The minimum absolute atomic E-state index is 0.109. The van der Waals surface area contributed by atoms with Crippen molar-refractivity contribution in [1.29, 1.82) is 0 Å². The van der Waals surface area contributed by atoms with Crippen LogP contribution in [-0.2, 0) is 22.0 Å². The summed E-state index contributed by atoms with van der Waals surface area (Å²) in [5.41, 5.74) is 1.09. The molecule has 0 amide bonds. The lowest BCUT2D eigenvalue weighted by molar-refractivity contribution is 0.390. The van der Waals surface area contributed by atoms with Gasteiger partial charge >= 0.3 is 0 Å². The van der Waals surface area contributed by atoms with Gasteiger partial charge in [0.15, 0.2) is 0 Å². The van der Waals surface area contributed by atoms with Crippen LogP contribution in [0.2, 0.25) is 0 Å². The molecule has 0 unspecified atom stereocenters. The van der Waals surface area contributed by atoms with Crippen molar-refractivity contribution in [2.45, 2.75) is 44.6 Å². The smallest absolute Gasteiger partial charge is 0.241 e. The zero-order valence-electron chi connectivity index (χ0n) is 12.7. The molecule has 0 aliphatic heterocycles. The maximum atomic E-state index is 12.5. The minimum Gasteiger partial charge on any atom is -0.361 e. The Kier molecular flexibility index (Phi) is 4.20. The Morgan fingerprint density at radius 2 is 1.90 bits per heavy atom. The highest BCUT2D eigenvalue weighted by Gasteiger charge is 2.25. The third kappa shape index (κ3) is 3.71. The molecule has 0 saturated carbocycles. The maximum absolute atomic E-state index is 12.5. The SMILES string of the molecule is Cc1cc(CNS(=O)(=O)c2ccccc2C(C)(C)C)no1. The standard InChI is InChI=1S/C15H20N2O3S/c1-11-9-12(17-20-11)10-16-21(18,19)14-8-6-5-7-13(14)15(2,3)4/h5-9,16H,10H2,1-4H3. The van der Waals surface area contributed by atoms with E-state index in [0.29, 0.717) is 16.3 Å². The Morgan fingerprint density at radius 1 is 1.24 bits per heavy atom. The molecule has 0 radical (unpaired) electrons. The molecule has 0 bridgehead atoms. The second-order valence-corrected chi connectivity index (χ2v) is 7.73. The molecule has 0 atom stereocenters. The average molecular weight is 308 g/mol. The second-order valence-electron chi connectivity index (χ2n) is 6.00. The lowest BCUT2D eigenvalue weighted by Gasteiger charge is -2.22. The van der Waals surface area contributed by atoms with Crippen molar-refractivity contribution in [2.24, 2.45) is 0 Å². The first-order valence-corrected chi connectivity index (χ1v) is 8.20. The number of hydrogen-bond donors (Lipinski definition) is 1. The fraction of sp³-hybridized carbons (Fsp3) is 0.400. The molecule has 1 aromatic heterocycles. The average Bonchev–Trinajstić information content (AvgIpc) is 2.82. The quantitative estimate of drug-likeness (QED) is 0.942. The molecule has 2 aromatic rings. The van der Waals surface area contributed by atoms with E-state index in [4.69, 9.17) is 4.52 Å². The van der Waals surface area contributed by atoms with Crippen LogP contribution in [0.1, 0.15) is 37.8 Å². The number of aromatic nitrogens is 1. The predicted molar refractivity (Wildman–Crippen MR) is 80.4 cm³/mol. The summed E-state index contributed by atoms with van der Waals surface area (Å²) in [7, 11) is -3.59. The van der Waals surface area contributed by atoms with Gasteiger partial charge in [-0.3, -0.25) is 0 Å². The Hall–Kier alpha value is -1.66. The van der Waals surface area contributed by atoms with Crippen molar-refractivity contribution in [2.75, 3.05) is 0 Å². The lowest BCUT2D eigenvalue weighted by atomic mass is 9.87. The van der Waals surface area contributed by atoms with Gasteiger partial charge in [0.25, 0.3) is 0 Å². The number of nitrogens with one attached hydrogen (secondary N) is 1. The van der Waals surface area contributed by atoms with Crippen LogP contribution in [0.3, 0.4) is 0 Å². The predicted octanol–water partition coefficient (Wildman–Crippen LogP) is 2.76. The van der Waals surface area contributed by atoms with Crippen LogP contribution in [0.25, 0.3) is 0 Å². The summed E-state index contributed by atoms with van der Waals surface area (Å²) in [6, 6.07) is 8.74. The van der Waals surface area contributed by atoms with Crippen LogP contribution in [0, 0.1) is 6.92 Å². The third-order valence-corrected chi connectivity index (χ3v) is 4.56. The summed E-state index contributed by atoms with van der Waals surface area (Å²) in [5, 5.41) is 3.78. The second kappa shape index (κ2) is 5.61. The molecule has 2 rings (SSSR count). The molecular weight excluding hydrogens is 288 g/mol. The van der Waals surface area contributed by atoms with Crippen LogP contribution >= 0.6 is 0 Å². The van der Waals surface area contributed by atoms with Gasteiger partial charge in [-0.2, -0.15) is 0 Å². The zero-order chi connectivity index (χ0) is 15.7. The van der Waals surface area contributed by atoms with E-state index >= 15 is 0 Å². The highest BCUT2D eigenvalue weighted by Crippen LogP contribution is 2.28. The topological polar surface area (TPSA) is 72.2 Å². The molecule has 5 nitrogen and oxygen atoms in total. The summed E-state index contributed by atoms with van der Waals surface area (Å²) in [6.07, 6.45) is 0. The lowest BCUT2D eigenvalue weighted by Crippen LogP contribution is -2.27. The van der Waals surface area contributed by atoms with Crippen molar-refractivity contribution < 1.29 is 12.9 Å². The minimum atomic E-state index is -3.59. The molecule has 0 saturated heterocycles. The molecule has 6 heteroatoms. The first-order chi connectivity index (χ1) is 9.70. The highest BCUT2D eigenvalue weighted by molar-refractivity contribution is 7.89. The Morgan fingerprint density at radius 3 is 2.48 bits per heavy atom. The Bertz CT molecular complexity index is 727. The summed E-state index contributed by atoms with van der Waals surface area (Å²) in [4.78, 5) is 0.303. The van der Waals surface area contributed by atoms with Crippen LogP contribution in [0.15, 0.2) is 39.8 Å². The van der Waals surface area contributed by atoms with Crippen LogP contribution in [0.5, 0.6) is 0 Å². The number of hydrogen-bond acceptors (Lipinski definition) is 4. The van der Waals surface area contributed by atoms with E-state index in [1.54, 1.807) is 25.1 Å². The summed E-state index contributed by atoms with van der Waals surface area (Å²) >= 11 is 0. The van der Waals surface area contributed by atoms with E-state index in [-0.39, 0.29) is 12.0 Å². The van der Waals surface area contributed by atoms with Gasteiger partial charge in [0, 0.05) is 6.07 Å². The number of aryl methyl sites for hydroxylation is 1. The van der Waals surface area contributed by atoms with Gasteiger partial charge in [-0.05, 0) is 24.0 Å². The first kappa shape index (κ1) is 15.7. The molecule has 1 aromatic carbocycles. The van der Waals surface area contributed by atoms with Crippen LogP contribution in [0.4, 0.5) is 0 Å². The number of nitrogens with zero attached hydrogens (tertiary/aromatic N) is 1. The van der Waals surface area contributed by atoms with Crippen LogP contribution in [-0.4, -0.2) is 13.6 Å². The largest absolute Gasteiger partial charge is 0.361 e. The number of rotatable bonds is 4. The number of benzene rings is 1. The van der Waals surface area contributed by atoms with Gasteiger partial charge < -0.3 is 4.52 Å². The Labute approximate surface area is 125 Å². The van der Waals surface area contributed by atoms with Gasteiger partial charge in [-0.15, -0.1) is 0 Å². The van der Waals surface area contributed by atoms with Crippen molar-refractivity contribution >= 4 is 10.0 Å². The first-order valence-electron chi connectivity index (χ1n) is 6.71. The molecule has 0 spiro atoms. The molecule has 114 valence electrons. The van der Waals surface area contributed by atoms with Crippen LogP contribution < -0.4 is 4.72 Å². The third-order valence-electron chi connectivity index (χ3n) is 3.10. The molecule has 0 aliphatic carbocycles. The van der Waals surface area contributed by atoms with Crippen molar-refractivity contribution in [1.82, 2.24) is 9.88 Å². The molecule has 0 fully saturated rings. The monoisotopic (exact) mass is 308 g/mol. The number of sulfonamides is 1. The van der Waals surface area contributed by atoms with Gasteiger partial charge in [0.2, 0.25) is 10.0 Å². The van der Waals surface area contributed by atoms with E-state index in [2.05, 4.69) is 9.88 Å². The van der Waals surface area contributed by atoms with Gasteiger partial charge in [-0.1, -0.05) is 44.1 Å². The zero-order valence-corrected chi connectivity index (χ0v) is 13.5. The van der Waals surface area contributed by atoms with Gasteiger partial charge in [-0.25, -0.2) is 13.1 Å². The molecule has 1 heterocycles. The summed E-state index contributed by atoms with van der Waals surface area (Å²) < 4.78 is 32.5. The normalized spacial score (nSPS) is 12.6. The molecule has 21 heavy (non-hydrogen) atoms. The van der Waals surface area contributed by atoms with E-state index in [0.717, 1.165) is 5.56 Å². The Balaban J connectivity index is 2.28. The summed E-state index contributed by atoms with van der Waals surface area (Å²) in [6.45, 7) is 7.84. The van der Waals surface area contributed by atoms with E-state index < -0.39 is 10.0 Å². The van der Waals surface area contributed by atoms with E-state index in [9.17, 15) is 8.42 Å². The van der Waals surface area contributed by atoms with Gasteiger partial charge in [0.05, 0.1) is 17.1 Å². The molecule has 0 aliphatic rings. The van der Waals surface area contributed by atoms with Gasteiger partial charge in [0.1, 0.15) is 5.76 Å². The van der Waals surface area contributed by atoms with Crippen molar-refractivity contribution in [3.05, 3.63) is 47.3 Å². The van der Waals surface area contributed by atoms with Crippen molar-refractivity contribution in [3.8, 4) is 0 Å². The summed E-state index contributed by atoms with van der Waals surface area (Å²) in [5.74, 6) is 0.652.